The van der Waals surface area contributed by atoms with Gasteiger partial charge in [0.25, 0.3) is 5.91 Å². The van der Waals surface area contributed by atoms with Gasteiger partial charge in [0, 0.05) is 40.8 Å². The van der Waals surface area contributed by atoms with E-state index in [0.29, 0.717) is 41.5 Å². The Morgan fingerprint density at radius 3 is 2.61 bits per heavy atom. The third-order valence-electron chi connectivity index (χ3n) is 11.4. The van der Waals surface area contributed by atoms with Gasteiger partial charge in [-0.05, 0) is 85.9 Å². The fourth-order valence-electron chi connectivity index (χ4n) is 8.99. The van der Waals surface area contributed by atoms with Crippen LogP contribution in [0.3, 0.4) is 0 Å². The van der Waals surface area contributed by atoms with Crippen molar-refractivity contribution >= 4 is 49.0 Å². The van der Waals surface area contributed by atoms with Gasteiger partial charge >= 0.3 is 0 Å². The van der Waals surface area contributed by atoms with Gasteiger partial charge in [-0.25, -0.2) is 0 Å². The van der Waals surface area contributed by atoms with Crippen LogP contribution in [0.2, 0.25) is 23.7 Å². The molecule has 270 valence electrons. The summed E-state index contributed by atoms with van der Waals surface area (Å²) in [6.45, 7) is 7.62. The van der Waals surface area contributed by atoms with Crippen LogP contribution in [0.4, 0.5) is 11.4 Å². The minimum atomic E-state index is -3.04. The number of halogens is 1. The monoisotopic (exact) mass is 730 g/mol. The second kappa shape index (κ2) is 14.1. The molecular formula is C39H47ClN4O6Si. The zero-order valence-electron chi connectivity index (χ0n) is 29.4. The molecule has 1 unspecified atom stereocenters. The molecule has 0 radical (unpaired) electrons. The van der Waals surface area contributed by atoms with Crippen LogP contribution in [0, 0.1) is 11.8 Å². The first-order valence-electron chi connectivity index (χ1n) is 18.0. The number of ether oxygens (including phenoxy) is 1. The number of hydrogen-bond acceptors (Lipinski definition) is 7. The van der Waals surface area contributed by atoms with Gasteiger partial charge in [-0.15, -0.1) is 0 Å². The number of piperidine rings is 1. The lowest BCUT2D eigenvalue weighted by atomic mass is 9.82. The molecule has 3 aromatic carbocycles. The van der Waals surface area contributed by atoms with Crippen LogP contribution in [0.5, 0.6) is 0 Å². The summed E-state index contributed by atoms with van der Waals surface area (Å²) < 4.78 is 6.92. The predicted molar refractivity (Wildman–Crippen MR) is 199 cm³/mol. The van der Waals surface area contributed by atoms with Crippen molar-refractivity contribution in [3.05, 3.63) is 94.0 Å². The van der Waals surface area contributed by atoms with E-state index >= 15 is 0 Å². The quantitative estimate of drug-likeness (QED) is 0.241. The Bertz CT molecular complexity index is 1830. The van der Waals surface area contributed by atoms with E-state index in [9.17, 15) is 24.3 Å². The molecule has 3 amide bonds. The highest BCUT2D eigenvalue weighted by atomic mass is 35.5. The zero-order valence-corrected chi connectivity index (χ0v) is 31.2. The van der Waals surface area contributed by atoms with E-state index in [0.717, 1.165) is 36.1 Å². The van der Waals surface area contributed by atoms with Gasteiger partial charge in [0.2, 0.25) is 11.8 Å². The first kappa shape index (κ1) is 35.8. The summed E-state index contributed by atoms with van der Waals surface area (Å²) in [6.07, 6.45) is 1.58. The number of anilines is 2. The number of aliphatic hydroxyl groups excluding tert-OH is 1. The highest BCUT2D eigenvalue weighted by molar-refractivity contribution is 6.71. The molecule has 2 saturated heterocycles. The second-order valence-electron chi connectivity index (χ2n) is 15.2. The van der Waals surface area contributed by atoms with Crippen molar-refractivity contribution < 1.29 is 29.0 Å². The summed E-state index contributed by atoms with van der Waals surface area (Å²) >= 11 is 6.59. The molecule has 4 N–H and O–H groups in total. The van der Waals surface area contributed by atoms with Crippen molar-refractivity contribution in [3.63, 3.8) is 0 Å². The van der Waals surface area contributed by atoms with Crippen molar-refractivity contribution in [3.8, 4) is 0 Å². The Labute approximate surface area is 305 Å². The van der Waals surface area contributed by atoms with Gasteiger partial charge in [0.15, 0.2) is 13.9 Å². The Balaban J connectivity index is 1.17. The molecule has 0 saturated carbocycles. The summed E-state index contributed by atoms with van der Waals surface area (Å²) in [4.78, 5) is 57.2. The average molecular weight is 731 g/mol. The fourth-order valence-corrected chi connectivity index (χ4v) is 11.7. The number of hydrogen-bond donors (Lipinski definition) is 4. The van der Waals surface area contributed by atoms with Crippen LogP contribution in [0.25, 0.3) is 0 Å². The SMILES string of the molecule is C[C@@H]1[C@@H]([Si](C)(C)O)[C@H](CC(=O)N2Cc3ccccc3C[C@H]2CO)O[C@@]12C(=O)N(Cc1cccc(NC(=O)C3CCCNC3)c1)c1ccc(Cl)cc12. The van der Waals surface area contributed by atoms with Crippen molar-refractivity contribution in [1.82, 2.24) is 10.2 Å². The molecule has 0 aromatic heterocycles. The summed E-state index contributed by atoms with van der Waals surface area (Å²) in [5.74, 6) is -1.04. The molecule has 6 atom stereocenters. The van der Waals surface area contributed by atoms with E-state index < -0.39 is 31.5 Å². The van der Waals surface area contributed by atoms with E-state index in [4.69, 9.17) is 16.3 Å². The topological polar surface area (TPSA) is 131 Å². The minimum absolute atomic E-state index is 0.0230. The lowest BCUT2D eigenvalue weighted by Crippen LogP contribution is -2.48. The maximum Gasteiger partial charge on any atom is 0.264 e. The number of nitrogens with one attached hydrogen (secondary N) is 2. The number of carbonyl (C=O) groups excluding carboxylic acids is 3. The highest BCUT2D eigenvalue weighted by Gasteiger charge is 2.66. The van der Waals surface area contributed by atoms with E-state index in [2.05, 4.69) is 10.6 Å². The van der Waals surface area contributed by atoms with Crippen molar-refractivity contribution in [2.75, 3.05) is 29.9 Å². The Hall–Kier alpha value is -3.58. The summed E-state index contributed by atoms with van der Waals surface area (Å²) in [7, 11) is -3.04. The molecule has 51 heavy (non-hydrogen) atoms. The smallest absolute Gasteiger partial charge is 0.264 e. The number of amides is 3. The molecule has 3 aromatic rings. The number of fused-ring (bicyclic) bond motifs is 3. The zero-order chi connectivity index (χ0) is 36.1. The Morgan fingerprint density at radius 1 is 1.10 bits per heavy atom. The van der Waals surface area contributed by atoms with Gasteiger partial charge in [-0.2, -0.15) is 0 Å². The standard InChI is InChI=1S/C39H47ClN4O6Si/c1-24-36(51(2,3)49)34(19-35(46)43-22-28-10-5-4-9-26(28)17-31(43)23-45)50-39(24)32-18-29(40)13-14-33(32)44(38(39)48)21-25-8-6-12-30(16-25)42-37(47)27-11-7-15-41-20-27/h4-6,8-10,12-14,16,18,24,27,31,34,36,41,45,49H,7,11,15,17,19-23H2,1-3H3,(H,42,47)/t24-,27?,31+,34+,36-,39+/m1/s1. The molecule has 4 heterocycles. The Morgan fingerprint density at radius 2 is 1.88 bits per heavy atom. The lowest BCUT2D eigenvalue weighted by Gasteiger charge is -2.37. The van der Waals surface area contributed by atoms with E-state index in [-0.39, 0.29) is 49.3 Å². The number of rotatable bonds is 8. The van der Waals surface area contributed by atoms with Crippen LogP contribution in [0.1, 0.15) is 48.4 Å². The van der Waals surface area contributed by atoms with Gasteiger partial charge in [0.1, 0.15) is 0 Å². The average Bonchev–Trinajstić information content (AvgIpc) is 3.53. The highest BCUT2D eigenvalue weighted by Crippen LogP contribution is 2.60. The maximum atomic E-state index is 14.9. The molecule has 12 heteroatoms. The third-order valence-corrected chi connectivity index (χ3v) is 14.1. The van der Waals surface area contributed by atoms with Gasteiger partial charge in [-0.3, -0.25) is 14.4 Å². The molecule has 4 aliphatic heterocycles. The normalized spacial score (nSPS) is 27.4. The molecule has 0 aliphatic carbocycles. The van der Waals surface area contributed by atoms with Gasteiger partial charge in [-0.1, -0.05) is 54.9 Å². The first-order chi connectivity index (χ1) is 24.4. The van der Waals surface area contributed by atoms with Gasteiger partial charge < -0.3 is 35.1 Å². The fraction of sp³-hybridized carbons (Fsp3) is 0.462. The number of aliphatic hydroxyl groups is 1. The van der Waals surface area contributed by atoms with E-state index in [1.165, 1.54) is 0 Å². The largest absolute Gasteiger partial charge is 0.432 e. The number of nitrogens with zero attached hydrogens (tertiary/aromatic N) is 2. The second-order valence-corrected chi connectivity index (χ2v) is 19.6. The summed E-state index contributed by atoms with van der Waals surface area (Å²) in [5.41, 5.74) is 3.03. The van der Waals surface area contributed by atoms with Crippen LogP contribution >= 0.6 is 11.6 Å². The molecule has 2 fully saturated rings. The maximum absolute atomic E-state index is 14.9. The molecule has 0 bridgehead atoms. The minimum Gasteiger partial charge on any atom is -0.432 e. The summed E-state index contributed by atoms with van der Waals surface area (Å²) in [5, 5.41) is 17.1. The van der Waals surface area contributed by atoms with Crippen LogP contribution in [0.15, 0.2) is 66.7 Å². The van der Waals surface area contributed by atoms with Crippen molar-refractivity contribution in [1.29, 1.82) is 0 Å². The van der Waals surface area contributed by atoms with Crippen LogP contribution in [-0.2, 0) is 44.2 Å². The predicted octanol–water partition coefficient (Wildman–Crippen LogP) is 4.96. The van der Waals surface area contributed by atoms with Crippen LogP contribution < -0.4 is 15.5 Å². The molecule has 1 spiro atoms. The summed E-state index contributed by atoms with van der Waals surface area (Å²) in [6, 6.07) is 20.5. The molecule has 10 nitrogen and oxygen atoms in total. The van der Waals surface area contributed by atoms with Crippen molar-refractivity contribution in [2.24, 2.45) is 11.8 Å². The van der Waals surface area contributed by atoms with Crippen molar-refractivity contribution in [2.45, 2.75) is 82.1 Å². The molecular weight excluding hydrogens is 684 g/mol. The van der Waals surface area contributed by atoms with E-state index in [1.807, 2.05) is 74.6 Å². The van der Waals surface area contributed by atoms with E-state index in [1.54, 1.807) is 21.9 Å². The first-order valence-corrected chi connectivity index (χ1v) is 21.4. The third kappa shape index (κ3) is 6.64. The van der Waals surface area contributed by atoms with Gasteiger partial charge in [0.05, 0.1) is 43.3 Å². The lowest BCUT2D eigenvalue weighted by molar-refractivity contribution is -0.151. The Kier molecular flexibility index (Phi) is 9.90. The number of carbonyl (C=O) groups is 3. The molecule has 4 aliphatic rings. The van der Waals surface area contributed by atoms with Crippen LogP contribution in [-0.4, -0.2) is 72.7 Å². The molecule has 7 rings (SSSR count). The number of benzene rings is 3.